The van der Waals surface area contributed by atoms with E-state index >= 15 is 0 Å². The quantitative estimate of drug-likeness (QED) is 0.516. The summed E-state index contributed by atoms with van der Waals surface area (Å²) in [4.78, 5) is 26.5. The number of hydrogen-bond donors (Lipinski definition) is 2. The van der Waals surface area contributed by atoms with Gasteiger partial charge >= 0.3 is 0 Å². The molecule has 3 aromatic rings. The van der Waals surface area contributed by atoms with Crippen LogP contribution in [0, 0.1) is 13.8 Å². The molecule has 0 aliphatic rings. The second-order valence-corrected chi connectivity index (χ2v) is 9.74. The van der Waals surface area contributed by atoms with Crippen molar-refractivity contribution in [1.29, 1.82) is 0 Å². The highest BCUT2D eigenvalue weighted by Gasteiger charge is 2.20. The van der Waals surface area contributed by atoms with Gasteiger partial charge in [-0.15, -0.1) is 0 Å². The lowest BCUT2D eigenvalue weighted by Gasteiger charge is -2.18. The number of benzene rings is 3. The summed E-state index contributed by atoms with van der Waals surface area (Å²) >= 11 is 5.91. The zero-order valence-corrected chi connectivity index (χ0v) is 20.0. The molecule has 3 aromatic carbocycles. The molecular weight excluding hydrogens is 462 g/mol. The largest absolute Gasteiger partial charge is 0.332 e. The maximum absolute atomic E-state index is 12.9. The Labute approximate surface area is 198 Å². The minimum absolute atomic E-state index is 0.0817. The molecular formula is C24H24ClN3O4S. The van der Waals surface area contributed by atoms with Crippen molar-refractivity contribution in [1.82, 2.24) is 4.90 Å². The van der Waals surface area contributed by atoms with E-state index < -0.39 is 15.9 Å². The first-order chi connectivity index (χ1) is 15.6. The van der Waals surface area contributed by atoms with Crippen LogP contribution in [0.3, 0.4) is 0 Å². The van der Waals surface area contributed by atoms with Crippen LogP contribution in [0.2, 0.25) is 5.02 Å². The van der Waals surface area contributed by atoms with Gasteiger partial charge in [-0.05, 0) is 61.4 Å². The molecule has 0 aliphatic carbocycles. The molecule has 9 heteroatoms. The van der Waals surface area contributed by atoms with Crippen LogP contribution in [-0.2, 0) is 14.8 Å². The second kappa shape index (κ2) is 10.1. The summed E-state index contributed by atoms with van der Waals surface area (Å²) in [5.74, 6) is -0.832. The molecule has 0 bridgehead atoms. The summed E-state index contributed by atoms with van der Waals surface area (Å²) in [6.07, 6.45) is 0. The molecule has 0 fully saturated rings. The van der Waals surface area contributed by atoms with E-state index in [4.69, 9.17) is 11.6 Å². The average Bonchev–Trinajstić information content (AvgIpc) is 2.75. The number of sulfonamides is 1. The maximum atomic E-state index is 12.9. The summed E-state index contributed by atoms with van der Waals surface area (Å²) in [6, 6.07) is 17.6. The molecule has 3 rings (SSSR count). The number of nitrogens with one attached hydrogen (secondary N) is 2. The Bertz CT molecular complexity index is 1290. The zero-order chi connectivity index (χ0) is 24.2. The molecule has 0 radical (unpaired) electrons. The topological polar surface area (TPSA) is 95.6 Å². The number of anilines is 2. The van der Waals surface area contributed by atoms with Crippen LogP contribution in [-0.4, -0.2) is 38.7 Å². The van der Waals surface area contributed by atoms with Gasteiger partial charge < -0.3 is 10.2 Å². The Morgan fingerprint density at radius 1 is 0.939 bits per heavy atom. The number of carbonyl (C=O) groups is 2. The van der Waals surface area contributed by atoms with Crippen molar-refractivity contribution in [2.24, 2.45) is 0 Å². The first-order valence-corrected chi connectivity index (χ1v) is 11.9. The predicted octanol–water partition coefficient (Wildman–Crippen LogP) is 4.47. The number of halogens is 1. The fourth-order valence-electron chi connectivity index (χ4n) is 3.26. The van der Waals surface area contributed by atoms with E-state index in [1.807, 2.05) is 32.0 Å². The molecule has 33 heavy (non-hydrogen) atoms. The van der Waals surface area contributed by atoms with Crippen molar-refractivity contribution in [3.63, 3.8) is 0 Å². The van der Waals surface area contributed by atoms with Crippen LogP contribution >= 0.6 is 11.6 Å². The summed E-state index contributed by atoms with van der Waals surface area (Å²) in [5.41, 5.74) is 3.00. The van der Waals surface area contributed by atoms with Gasteiger partial charge in [0.2, 0.25) is 5.91 Å². The molecule has 0 atom stereocenters. The Hall–Kier alpha value is -3.36. The third kappa shape index (κ3) is 6.12. The van der Waals surface area contributed by atoms with Gasteiger partial charge in [0, 0.05) is 23.3 Å². The summed E-state index contributed by atoms with van der Waals surface area (Å²) in [6.45, 7) is 3.59. The summed E-state index contributed by atoms with van der Waals surface area (Å²) in [7, 11) is -2.46. The van der Waals surface area contributed by atoms with Crippen LogP contribution in [0.1, 0.15) is 21.5 Å². The molecule has 2 N–H and O–H groups in total. The number of likely N-dealkylation sites (N-methyl/N-ethyl adjacent to an activating group) is 1. The summed E-state index contributed by atoms with van der Waals surface area (Å²) < 4.78 is 28.0. The van der Waals surface area contributed by atoms with Gasteiger partial charge in [-0.1, -0.05) is 41.9 Å². The number of rotatable bonds is 7. The van der Waals surface area contributed by atoms with E-state index in [1.165, 1.54) is 42.3 Å². The highest BCUT2D eigenvalue weighted by molar-refractivity contribution is 7.92. The first kappa shape index (κ1) is 24.3. The molecule has 0 saturated carbocycles. The zero-order valence-electron chi connectivity index (χ0n) is 18.4. The van der Waals surface area contributed by atoms with Crippen molar-refractivity contribution >= 4 is 44.8 Å². The number of amides is 2. The van der Waals surface area contributed by atoms with Gasteiger partial charge in [0.25, 0.3) is 15.9 Å². The second-order valence-electron chi connectivity index (χ2n) is 7.62. The van der Waals surface area contributed by atoms with Crippen LogP contribution < -0.4 is 10.0 Å². The van der Waals surface area contributed by atoms with Crippen molar-refractivity contribution in [3.8, 4) is 0 Å². The Morgan fingerprint density at radius 2 is 1.58 bits per heavy atom. The van der Waals surface area contributed by atoms with Crippen LogP contribution in [0.15, 0.2) is 71.6 Å². The standard InChI is InChI=1S/C24H24ClN3O4S/c1-16-7-4-8-17(2)23(16)26-22(29)15-28(3)24(30)18-9-5-12-21(13-18)33(31,32)27-20-11-6-10-19(25)14-20/h4-14,27H,15H2,1-3H3,(H,26,29). The minimum Gasteiger partial charge on any atom is -0.332 e. The third-order valence-electron chi connectivity index (χ3n) is 4.94. The summed E-state index contributed by atoms with van der Waals surface area (Å²) in [5, 5.41) is 3.22. The number of carbonyl (C=O) groups excluding carboxylic acids is 2. The van der Waals surface area contributed by atoms with E-state index in [9.17, 15) is 18.0 Å². The smallest absolute Gasteiger partial charge is 0.261 e. The lowest BCUT2D eigenvalue weighted by molar-refractivity contribution is -0.116. The Morgan fingerprint density at radius 3 is 2.24 bits per heavy atom. The van der Waals surface area contributed by atoms with Gasteiger partial charge in [-0.25, -0.2) is 8.42 Å². The van der Waals surface area contributed by atoms with E-state index in [1.54, 1.807) is 18.2 Å². The van der Waals surface area contributed by atoms with Crippen LogP contribution in [0.5, 0.6) is 0 Å². The number of hydrogen-bond acceptors (Lipinski definition) is 4. The lowest BCUT2D eigenvalue weighted by Crippen LogP contribution is -2.35. The Balaban J connectivity index is 1.72. The van der Waals surface area contributed by atoms with E-state index in [0.29, 0.717) is 16.4 Å². The van der Waals surface area contributed by atoms with Crippen molar-refractivity contribution in [2.75, 3.05) is 23.6 Å². The highest BCUT2D eigenvalue weighted by atomic mass is 35.5. The normalized spacial score (nSPS) is 11.0. The van der Waals surface area contributed by atoms with Gasteiger partial charge in [-0.2, -0.15) is 0 Å². The first-order valence-electron chi connectivity index (χ1n) is 10.1. The highest BCUT2D eigenvalue weighted by Crippen LogP contribution is 2.21. The SMILES string of the molecule is Cc1cccc(C)c1NC(=O)CN(C)C(=O)c1cccc(S(=O)(=O)Nc2cccc(Cl)c2)c1. The van der Waals surface area contributed by atoms with Crippen LogP contribution in [0.4, 0.5) is 11.4 Å². The average molecular weight is 486 g/mol. The number of nitrogens with zero attached hydrogens (tertiary/aromatic N) is 1. The van der Waals surface area contributed by atoms with Gasteiger partial charge in [0.1, 0.15) is 0 Å². The molecule has 0 heterocycles. The number of para-hydroxylation sites is 1. The van der Waals surface area contributed by atoms with E-state index in [0.717, 1.165) is 11.1 Å². The van der Waals surface area contributed by atoms with Crippen molar-refractivity contribution in [2.45, 2.75) is 18.7 Å². The monoisotopic (exact) mass is 485 g/mol. The fourth-order valence-corrected chi connectivity index (χ4v) is 4.55. The molecule has 2 amide bonds. The van der Waals surface area contributed by atoms with Gasteiger partial charge in [0.15, 0.2) is 0 Å². The van der Waals surface area contributed by atoms with Gasteiger partial charge in [0.05, 0.1) is 17.1 Å². The lowest BCUT2D eigenvalue weighted by atomic mass is 10.1. The maximum Gasteiger partial charge on any atom is 0.261 e. The van der Waals surface area contributed by atoms with E-state index in [2.05, 4.69) is 10.0 Å². The molecule has 0 saturated heterocycles. The molecule has 0 aromatic heterocycles. The van der Waals surface area contributed by atoms with Crippen molar-refractivity contribution < 1.29 is 18.0 Å². The van der Waals surface area contributed by atoms with Crippen molar-refractivity contribution in [3.05, 3.63) is 88.4 Å². The molecule has 0 unspecified atom stereocenters. The van der Waals surface area contributed by atoms with Crippen LogP contribution in [0.25, 0.3) is 0 Å². The number of aryl methyl sites for hydroxylation is 2. The predicted molar refractivity (Wildman–Crippen MR) is 130 cm³/mol. The molecule has 0 aliphatic heterocycles. The van der Waals surface area contributed by atoms with Gasteiger partial charge in [-0.3, -0.25) is 14.3 Å². The third-order valence-corrected chi connectivity index (χ3v) is 6.56. The molecule has 172 valence electrons. The Kier molecular flexibility index (Phi) is 7.40. The van der Waals surface area contributed by atoms with E-state index in [-0.39, 0.29) is 22.9 Å². The minimum atomic E-state index is -3.94. The molecule has 7 nitrogen and oxygen atoms in total. The fraction of sp³-hybridized carbons (Fsp3) is 0.167. The molecule has 0 spiro atoms.